The number of nitrogens with one attached hydrogen (secondary N) is 2. The predicted molar refractivity (Wildman–Crippen MR) is 98.8 cm³/mol. The van der Waals surface area contributed by atoms with Gasteiger partial charge in [0.1, 0.15) is 16.6 Å². The summed E-state index contributed by atoms with van der Waals surface area (Å²) < 4.78 is 10.3. The highest BCUT2D eigenvalue weighted by molar-refractivity contribution is 5.96. The molecule has 1 amide bonds. The highest BCUT2D eigenvalue weighted by Gasteiger charge is 2.15. The maximum absolute atomic E-state index is 12.4. The highest BCUT2D eigenvalue weighted by atomic mass is 16.4. The summed E-state index contributed by atoms with van der Waals surface area (Å²) in [4.78, 5) is 36.0. The summed E-state index contributed by atoms with van der Waals surface area (Å²) in [7, 11) is 0. The average molecular weight is 365 g/mol. The number of benzene rings is 1. The van der Waals surface area contributed by atoms with Crippen molar-refractivity contribution in [2.24, 2.45) is 0 Å². The molecule has 2 heterocycles. The SMILES string of the molecule is Nc1cc(=O)oc2c1=C(NNC(=O)c1cc3ccccc3oc1=O)CCC=2. The van der Waals surface area contributed by atoms with Gasteiger partial charge in [-0.05, 0) is 31.1 Å². The molecule has 27 heavy (non-hydrogen) atoms. The molecule has 8 nitrogen and oxygen atoms in total. The molecule has 0 fully saturated rings. The quantitative estimate of drug-likeness (QED) is 0.438. The second-order valence-corrected chi connectivity index (χ2v) is 6.05. The normalized spacial score (nSPS) is 13.0. The Morgan fingerprint density at radius 2 is 1.93 bits per heavy atom. The van der Waals surface area contributed by atoms with E-state index < -0.39 is 17.2 Å². The van der Waals surface area contributed by atoms with Gasteiger partial charge in [0.15, 0.2) is 0 Å². The Kier molecular flexibility index (Phi) is 4.00. The number of para-hydroxylation sites is 1. The smallest absolute Gasteiger partial charge is 0.349 e. The summed E-state index contributed by atoms with van der Waals surface area (Å²) in [6.45, 7) is 0. The lowest BCUT2D eigenvalue weighted by Gasteiger charge is -2.15. The van der Waals surface area contributed by atoms with Crippen molar-refractivity contribution in [3.8, 4) is 0 Å². The van der Waals surface area contributed by atoms with Crippen LogP contribution in [0.3, 0.4) is 0 Å². The van der Waals surface area contributed by atoms with Gasteiger partial charge < -0.3 is 20.0 Å². The molecule has 0 spiro atoms. The molecule has 0 aliphatic heterocycles. The van der Waals surface area contributed by atoms with E-state index in [9.17, 15) is 14.4 Å². The molecule has 2 aromatic heterocycles. The fourth-order valence-corrected chi connectivity index (χ4v) is 3.01. The Bertz CT molecular complexity index is 1300. The van der Waals surface area contributed by atoms with Crippen molar-refractivity contribution in [3.63, 3.8) is 0 Å². The summed E-state index contributed by atoms with van der Waals surface area (Å²) >= 11 is 0. The average Bonchev–Trinajstić information content (AvgIpc) is 2.65. The Hall–Kier alpha value is -3.81. The summed E-state index contributed by atoms with van der Waals surface area (Å²) in [5, 5.41) is 1.16. The minimum absolute atomic E-state index is 0.128. The van der Waals surface area contributed by atoms with Gasteiger partial charge in [0.25, 0.3) is 5.91 Å². The van der Waals surface area contributed by atoms with Crippen LogP contribution in [0.25, 0.3) is 22.7 Å². The minimum atomic E-state index is -0.735. The number of nitrogens with two attached hydrogens (primary N) is 1. The van der Waals surface area contributed by atoms with Crippen molar-refractivity contribution in [1.29, 1.82) is 0 Å². The van der Waals surface area contributed by atoms with Gasteiger partial charge >= 0.3 is 11.3 Å². The molecule has 0 saturated heterocycles. The van der Waals surface area contributed by atoms with Crippen molar-refractivity contribution in [2.45, 2.75) is 12.8 Å². The zero-order chi connectivity index (χ0) is 19.0. The molecule has 8 heteroatoms. The summed E-state index contributed by atoms with van der Waals surface area (Å²) in [5.41, 5.74) is 11.4. The fourth-order valence-electron chi connectivity index (χ4n) is 3.01. The number of hydrogen-bond acceptors (Lipinski definition) is 7. The van der Waals surface area contributed by atoms with Crippen LogP contribution in [0.4, 0.5) is 5.69 Å². The number of hydrazine groups is 1. The fraction of sp³-hybridized carbons (Fsp3) is 0.105. The first-order chi connectivity index (χ1) is 13.0. The number of fused-ring (bicyclic) bond motifs is 2. The van der Waals surface area contributed by atoms with Crippen molar-refractivity contribution in [3.05, 3.63) is 73.4 Å². The molecule has 1 aliphatic rings. The van der Waals surface area contributed by atoms with E-state index in [4.69, 9.17) is 14.6 Å². The van der Waals surface area contributed by atoms with E-state index in [0.29, 0.717) is 40.1 Å². The van der Waals surface area contributed by atoms with E-state index in [2.05, 4.69) is 10.9 Å². The summed E-state index contributed by atoms with van der Waals surface area (Å²) in [6.07, 6.45) is 2.92. The Morgan fingerprint density at radius 3 is 2.78 bits per heavy atom. The van der Waals surface area contributed by atoms with E-state index in [1.807, 2.05) is 0 Å². The molecule has 0 atom stereocenters. The second-order valence-electron chi connectivity index (χ2n) is 6.05. The number of carbonyl (C=O) groups is 1. The molecule has 1 aliphatic carbocycles. The van der Waals surface area contributed by atoms with E-state index in [1.54, 1.807) is 30.3 Å². The standard InChI is InChI=1S/C19H15N3O5/c20-12-9-16(23)26-15-7-3-5-13(17(12)15)21-22-18(24)11-8-10-4-1-2-6-14(10)27-19(11)25/h1-2,4,6-9,21H,3,5,20H2,(H,22,24). The molecule has 0 saturated carbocycles. The predicted octanol–water partition coefficient (Wildman–Crippen LogP) is -0.0545. The maximum Gasteiger partial charge on any atom is 0.349 e. The largest absolute Gasteiger partial charge is 0.423 e. The van der Waals surface area contributed by atoms with Gasteiger partial charge in [0.05, 0.1) is 10.9 Å². The zero-order valence-corrected chi connectivity index (χ0v) is 14.1. The number of hydrogen-bond donors (Lipinski definition) is 3. The van der Waals surface area contributed by atoms with Crippen LogP contribution in [0.15, 0.2) is 54.8 Å². The first-order valence-corrected chi connectivity index (χ1v) is 8.25. The lowest BCUT2D eigenvalue weighted by atomic mass is 10.1. The summed E-state index contributed by atoms with van der Waals surface area (Å²) in [5.74, 6) is -0.644. The van der Waals surface area contributed by atoms with Gasteiger partial charge in [-0.2, -0.15) is 0 Å². The minimum Gasteiger partial charge on any atom is -0.423 e. The third-order valence-electron chi connectivity index (χ3n) is 4.26. The third-order valence-corrected chi connectivity index (χ3v) is 4.26. The van der Waals surface area contributed by atoms with Crippen LogP contribution in [0.5, 0.6) is 0 Å². The Labute approximate surface area is 151 Å². The number of carbonyl (C=O) groups excluding carboxylic acids is 1. The topological polar surface area (TPSA) is 128 Å². The number of anilines is 1. The lowest BCUT2D eigenvalue weighted by Crippen LogP contribution is -2.45. The first kappa shape index (κ1) is 16.6. The zero-order valence-electron chi connectivity index (χ0n) is 14.1. The molecule has 3 aromatic rings. The van der Waals surface area contributed by atoms with Gasteiger partial charge in [-0.1, -0.05) is 18.2 Å². The van der Waals surface area contributed by atoms with E-state index >= 15 is 0 Å². The van der Waals surface area contributed by atoms with Gasteiger partial charge in [-0.3, -0.25) is 10.2 Å². The van der Waals surface area contributed by atoms with Gasteiger partial charge in [0, 0.05) is 17.1 Å². The van der Waals surface area contributed by atoms with Crippen molar-refractivity contribution >= 4 is 34.3 Å². The molecule has 1 aromatic carbocycles. The van der Waals surface area contributed by atoms with Crippen molar-refractivity contribution < 1.29 is 13.6 Å². The second kappa shape index (κ2) is 6.49. The van der Waals surface area contributed by atoms with Gasteiger partial charge in [-0.15, -0.1) is 0 Å². The third kappa shape index (κ3) is 3.08. The molecule has 136 valence electrons. The number of nitrogen functional groups attached to an aromatic ring is 1. The van der Waals surface area contributed by atoms with Gasteiger partial charge in [0.2, 0.25) is 0 Å². The number of amides is 1. The summed E-state index contributed by atoms with van der Waals surface area (Å²) in [6, 6.07) is 9.57. The first-order valence-electron chi connectivity index (χ1n) is 8.25. The van der Waals surface area contributed by atoms with Crippen molar-refractivity contribution in [2.75, 3.05) is 5.73 Å². The Morgan fingerprint density at radius 1 is 1.11 bits per heavy atom. The molecule has 4 N–H and O–H groups in total. The van der Waals surface area contributed by atoms with E-state index in [-0.39, 0.29) is 11.3 Å². The highest BCUT2D eigenvalue weighted by Crippen LogP contribution is 2.12. The van der Waals surface area contributed by atoms with Crippen LogP contribution < -0.4 is 38.5 Å². The molecule has 0 unspecified atom stereocenters. The monoisotopic (exact) mass is 365 g/mol. The maximum atomic E-state index is 12.4. The van der Waals surface area contributed by atoms with Crippen LogP contribution in [-0.4, -0.2) is 5.91 Å². The van der Waals surface area contributed by atoms with Crippen LogP contribution in [0.2, 0.25) is 0 Å². The van der Waals surface area contributed by atoms with Gasteiger partial charge in [-0.25, -0.2) is 9.59 Å². The number of rotatable bonds is 3. The molecular formula is C19H15N3O5. The van der Waals surface area contributed by atoms with Crippen LogP contribution in [0, 0.1) is 0 Å². The van der Waals surface area contributed by atoms with Crippen LogP contribution in [0.1, 0.15) is 23.2 Å². The van der Waals surface area contributed by atoms with E-state index in [1.165, 1.54) is 12.1 Å². The molecular weight excluding hydrogens is 350 g/mol. The van der Waals surface area contributed by atoms with Crippen LogP contribution in [-0.2, 0) is 0 Å². The molecule has 0 bridgehead atoms. The van der Waals surface area contributed by atoms with E-state index in [0.717, 1.165) is 0 Å². The molecule has 0 radical (unpaired) electrons. The lowest BCUT2D eigenvalue weighted by molar-refractivity contribution is 0.0938. The van der Waals surface area contributed by atoms with Crippen LogP contribution >= 0.6 is 0 Å². The van der Waals surface area contributed by atoms with Crippen molar-refractivity contribution in [1.82, 2.24) is 10.9 Å². The Balaban J connectivity index is 1.67. The molecule has 4 rings (SSSR count).